The van der Waals surface area contributed by atoms with Gasteiger partial charge in [0, 0.05) is 0 Å². The molecule has 86 valence electrons. The zero-order valence-corrected chi connectivity index (χ0v) is 9.37. The van der Waals surface area contributed by atoms with E-state index in [2.05, 4.69) is 0 Å². The van der Waals surface area contributed by atoms with Crippen molar-refractivity contribution < 1.29 is 9.59 Å². The van der Waals surface area contributed by atoms with Gasteiger partial charge < -0.3 is 0 Å². The first kappa shape index (κ1) is 10.3. The Balaban J connectivity index is 1.76. The van der Waals surface area contributed by atoms with Crippen LogP contribution in [-0.2, 0) is 16.0 Å². The van der Waals surface area contributed by atoms with Crippen molar-refractivity contribution in [1.29, 1.82) is 0 Å². The van der Waals surface area contributed by atoms with Gasteiger partial charge in [0.25, 0.3) is 0 Å². The van der Waals surface area contributed by atoms with Crippen molar-refractivity contribution in [3.8, 4) is 0 Å². The fourth-order valence-electron chi connectivity index (χ4n) is 2.56. The molecule has 3 heteroatoms. The SMILES string of the molecule is O=C(Cc1ccccc1)N1C(=O)C2C=CC1C2. The Labute approximate surface area is 99.7 Å². The maximum absolute atomic E-state index is 12.1. The van der Waals surface area contributed by atoms with Crippen molar-refractivity contribution in [3.63, 3.8) is 0 Å². The monoisotopic (exact) mass is 227 g/mol. The van der Waals surface area contributed by atoms with E-state index in [4.69, 9.17) is 0 Å². The van der Waals surface area contributed by atoms with E-state index in [0.717, 1.165) is 12.0 Å². The maximum atomic E-state index is 12.1. The largest absolute Gasteiger partial charge is 0.275 e. The van der Waals surface area contributed by atoms with Crippen LogP contribution < -0.4 is 0 Å². The minimum absolute atomic E-state index is 0.00344. The summed E-state index contributed by atoms with van der Waals surface area (Å²) in [5, 5.41) is 0. The van der Waals surface area contributed by atoms with E-state index in [1.807, 2.05) is 42.5 Å². The van der Waals surface area contributed by atoms with Crippen LogP contribution in [0.2, 0.25) is 0 Å². The van der Waals surface area contributed by atoms with Crippen molar-refractivity contribution in [1.82, 2.24) is 4.90 Å². The summed E-state index contributed by atoms with van der Waals surface area (Å²) in [6.07, 6.45) is 4.97. The molecular formula is C14H13NO2. The van der Waals surface area contributed by atoms with E-state index >= 15 is 0 Å². The maximum Gasteiger partial charge on any atom is 0.236 e. The van der Waals surface area contributed by atoms with Gasteiger partial charge in [-0.1, -0.05) is 42.5 Å². The molecule has 0 radical (unpaired) electrons. The summed E-state index contributed by atoms with van der Waals surface area (Å²) in [5.41, 5.74) is 0.956. The average Bonchev–Trinajstić information content (AvgIpc) is 2.90. The number of hydrogen-bond donors (Lipinski definition) is 0. The van der Waals surface area contributed by atoms with Crippen molar-refractivity contribution in [2.24, 2.45) is 5.92 Å². The fourth-order valence-corrected chi connectivity index (χ4v) is 2.56. The van der Waals surface area contributed by atoms with Gasteiger partial charge in [0.15, 0.2) is 0 Å². The summed E-state index contributed by atoms with van der Waals surface area (Å²) in [6, 6.07) is 9.54. The first-order valence-electron chi connectivity index (χ1n) is 5.84. The number of benzene rings is 1. The molecule has 1 heterocycles. The standard InChI is InChI=1S/C14H13NO2/c16-13(8-10-4-2-1-3-5-10)15-12-7-6-11(9-12)14(15)17/h1-7,11-12H,8-9H2. The molecule has 3 rings (SSSR count). The number of carbonyl (C=O) groups is 2. The number of likely N-dealkylation sites (tertiary alicyclic amines) is 1. The molecule has 0 N–H and O–H groups in total. The lowest BCUT2D eigenvalue weighted by molar-refractivity contribution is -0.144. The van der Waals surface area contributed by atoms with Crippen LogP contribution in [-0.4, -0.2) is 22.8 Å². The molecule has 1 saturated heterocycles. The number of nitrogens with zero attached hydrogens (tertiary/aromatic N) is 1. The molecule has 0 aromatic heterocycles. The predicted octanol–water partition coefficient (Wildman–Crippen LogP) is 1.54. The molecule has 3 nitrogen and oxygen atoms in total. The van der Waals surface area contributed by atoms with Crippen molar-refractivity contribution in [3.05, 3.63) is 48.0 Å². The Kier molecular flexibility index (Phi) is 2.32. The third-order valence-electron chi connectivity index (χ3n) is 3.41. The Hall–Kier alpha value is -1.90. The summed E-state index contributed by atoms with van der Waals surface area (Å²) < 4.78 is 0. The average molecular weight is 227 g/mol. The summed E-state index contributed by atoms with van der Waals surface area (Å²) >= 11 is 0. The lowest BCUT2D eigenvalue weighted by Crippen LogP contribution is -2.40. The topological polar surface area (TPSA) is 37.4 Å². The van der Waals surface area contributed by atoms with Crippen molar-refractivity contribution in [2.75, 3.05) is 0 Å². The Morgan fingerprint density at radius 2 is 2.00 bits per heavy atom. The number of amides is 2. The first-order chi connectivity index (χ1) is 8.25. The summed E-state index contributed by atoms with van der Waals surface area (Å²) in [6.45, 7) is 0. The van der Waals surface area contributed by atoms with Gasteiger partial charge >= 0.3 is 0 Å². The summed E-state index contributed by atoms with van der Waals surface area (Å²) in [5.74, 6) is -0.170. The molecule has 2 unspecified atom stereocenters. The smallest absolute Gasteiger partial charge is 0.236 e. The third-order valence-corrected chi connectivity index (χ3v) is 3.41. The third kappa shape index (κ3) is 1.68. The fraction of sp³-hybridized carbons (Fsp3) is 0.286. The highest BCUT2D eigenvalue weighted by Crippen LogP contribution is 2.33. The number of imide groups is 1. The van der Waals surface area contributed by atoms with Crippen LogP contribution in [0.5, 0.6) is 0 Å². The molecule has 0 spiro atoms. The van der Waals surface area contributed by atoms with Gasteiger partial charge in [-0.2, -0.15) is 0 Å². The summed E-state index contributed by atoms with van der Waals surface area (Å²) in [7, 11) is 0. The van der Waals surface area contributed by atoms with Gasteiger partial charge in [-0.15, -0.1) is 0 Å². The lowest BCUT2D eigenvalue weighted by Gasteiger charge is -2.22. The Morgan fingerprint density at radius 1 is 1.24 bits per heavy atom. The van der Waals surface area contributed by atoms with E-state index < -0.39 is 0 Å². The molecule has 0 saturated carbocycles. The van der Waals surface area contributed by atoms with Gasteiger partial charge in [-0.25, -0.2) is 0 Å². The zero-order chi connectivity index (χ0) is 11.8. The van der Waals surface area contributed by atoms with Gasteiger partial charge in [0.2, 0.25) is 11.8 Å². The second-order valence-corrected chi connectivity index (χ2v) is 4.56. The van der Waals surface area contributed by atoms with E-state index in [9.17, 15) is 9.59 Å². The van der Waals surface area contributed by atoms with E-state index in [0.29, 0.717) is 6.42 Å². The van der Waals surface area contributed by atoms with Crippen LogP contribution in [0.15, 0.2) is 42.5 Å². The first-order valence-corrected chi connectivity index (χ1v) is 5.84. The number of rotatable bonds is 2. The van der Waals surface area contributed by atoms with Gasteiger partial charge in [0.1, 0.15) is 0 Å². The molecule has 1 fully saturated rings. The molecule has 1 aliphatic heterocycles. The molecule has 2 aliphatic rings. The number of fused-ring (bicyclic) bond motifs is 2. The minimum Gasteiger partial charge on any atom is -0.275 e. The molecule has 2 bridgehead atoms. The Morgan fingerprint density at radius 3 is 2.65 bits per heavy atom. The van der Waals surface area contributed by atoms with E-state index in [1.165, 1.54) is 4.90 Å². The van der Waals surface area contributed by atoms with Crippen LogP contribution in [0.3, 0.4) is 0 Å². The highest BCUT2D eigenvalue weighted by Gasteiger charge is 2.43. The molecular weight excluding hydrogens is 214 g/mol. The summed E-state index contributed by atoms with van der Waals surface area (Å²) in [4.78, 5) is 25.4. The molecule has 17 heavy (non-hydrogen) atoms. The van der Waals surface area contributed by atoms with Crippen LogP contribution in [0.25, 0.3) is 0 Å². The van der Waals surface area contributed by atoms with Gasteiger partial charge in [0.05, 0.1) is 18.4 Å². The lowest BCUT2D eigenvalue weighted by atomic mass is 10.1. The van der Waals surface area contributed by atoms with Crippen molar-refractivity contribution >= 4 is 11.8 Å². The molecule has 2 atom stereocenters. The second kappa shape index (κ2) is 3.84. The van der Waals surface area contributed by atoms with Crippen molar-refractivity contribution in [2.45, 2.75) is 18.9 Å². The van der Waals surface area contributed by atoms with E-state index in [-0.39, 0.29) is 23.8 Å². The quantitative estimate of drug-likeness (QED) is 0.719. The van der Waals surface area contributed by atoms with Gasteiger partial charge in [-0.05, 0) is 12.0 Å². The number of carbonyl (C=O) groups excluding carboxylic acids is 2. The van der Waals surface area contributed by atoms with Crippen LogP contribution in [0.1, 0.15) is 12.0 Å². The van der Waals surface area contributed by atoms with Gasteiger partial charge in [-0.3, -0.25) is 14.5 Å². The second-order valence-electron chi connectivity index (χ2n) is 4.56. The van der Waals surface area contributed by atoms with Crippen LogP contribution >= 0.6 is 0 Å². The molecule has 1 aromatic rings. The predicted molar refractivity (Wildman–Crippen MR) is 63.0 cm³/mol. The number of hydrogen-bond acceptors (Lipinski definition) is 2. The normalized spacial score (nSPS) is 25.6. The van der Waals surface area contributed by atoms with Crippen LogP contribution in [0, 0.1) is 5.92 Å². The molecule has 2 amide bonds. The Bertz CT molecular complexity index is 492. The molecule has 1 aromatic carbocycles. The zero-order valence-electron chi connectivity index (χ0n) is 9.37. The highest BCUT2D eigenvalue weighted by atomic mass is 16.2. The van der Waals surface area contributed by atoms with E-state index in [1.54, 1.807) is 0 Å². The molecule has 1 aliphatic carbocycles. The minimum atomic E-state index is -0.0851. The highest BCUT2D eigenvalue weighted by molar-refractivity contribution is 6.01. The van der Waals surface area contributed by atoms with Crippen LogP contribution in [0.4, 0.5) is 0 Å².